The Balaban J connectivity index is 2.58. The van der Waals surface area contributed by atoms with Crippen LogP contribution in [0, 0.1) is 10.5 Å². The molecule has 1 aliphatic heterocycles. The standard InChI is InChI=1S/C10H12INO/c1-6-7(11)2-3-9-10(6)8(12)4-5-13-9/h2-3,8H,4-5,12H2,1H3. The number of fused-ring (bicyclic) bond motifs is 1. The molecule has 1 unspecified atom stereocenters. The van der Waals surface area contributed by atoms with Gasteiger partial charge in [-0.25, -0.2) is 0 Å². The molecule has 70 valence electrons. The van der Waals surface area contributed by atoms with Crippen LogP contribution in [0.4, 0.5) is 0 Å². The average Bonchev–Trinajstić information content (AvgIpc) is 2.12. The third-order valence-corrected chi connectivity index (χ3v) is 3.63. The van der Waals surface area contributed by atoms with Gasteiger partial charge in [-0.3, -0.25) is 0 Å². The van der Waals surface area contributed by atoms with Gasteiger partial charge in [0.25, 0.3) is 0 Å². The Hall–Kier alpha value is -0.290. The van der Waals surface area contributed by atoms with Gasteiger partial charge in [0, 0.05) is 21.6 Å². The summed E-state index contributed by atoms with van der Waals surface area (Å²) in [7, 11) is 0. The fourth-order valence-corrected chi connectivity index (χ4v) is 2.17. The van der Waals surface area contributed by atoms with Crippen molar-refractivity contribution >= 4 is 22.6 Å². The van der Waals surface area contributed by atoms with Crippen molar-refractivity contribution in [1.82, 2.24) is 0 Å². The summed E-state index contributed by atoms with van der Waals surface area (Å²) in [4.78, 5) is 0. The molecule has 2 rings (SSSR count). The fourth-order valence-electron chi connectivity index (χ4n) is 1.70. The van der Waals surface area contributed by atoms with Crippen LogP contribution in [0.5, 0.6) is 5.75 Å². The highest BCUT2D eigenvalue weighted by Gasteiger charge is 2.20. The van der Waals surface area contributed by atoms with E-state index in [2.05, 4.69) is 35.6 Å². The van der Waals surface area contributed by atoms with E-state index in [1.165, 1.54) is 14.7 Å². The lowest BCUT2D eigenvalue weighted by Gasteiger charge is -2.25. The molecular formula is C10H12INO. The first-order chi connectivity index (χ1) is 6.20. The lowest BCUT2D eigenvalue weighted by molar-refractivity contribution is 0.268. The molecule has 1 aliphatic rings. The minimum absolute atomic E-state index is 0.151. The van der Waals surface area contributed by atoms with E-state index in [0.717, 1.165) is 18.8 Å². The molecule has 0 aromatic heterocycles. The van der Waals surface area contributed by atoms with Gasteiger partial charge >= 0.3 is 0 Å². The lowest BCUT2D eigenvalue weighted by Crippen LogP contribution is -2.21. The summed E-state index contributed by atoms with van der Waals surface area (Å²) in [5.41, 5.74) is 8.49. The second-order valence-electron chi connectivity index (χ2n) is 3.33. The summed E-state index contributed by atoms with van der Waals surface area (Å²) in [6.07, 6.45) is 0.925. The zero-order chi connectivity index (χ0) is 9.42. The molecule has 2 nitrogen and oxygen atoms in total. The van der Waals surface area contributed by atoms with Crippen molar-refractivity contribution in [2.45, 2.75) is 19.4 Å². The largest absolute Gasteiger partial charge is 0.493 e. The van der Waals surface area contributed by atoms with Crippen molar-refractivity contribution in [3.8, 4) is 5.75 Å². The van der Waals surface area contributed by atoms with E-state index in [-0.39, 0.29) is 6.04 Å². The minimum Gasteiger partial charge on any atom is -0.493 e. The number of halogens is 1. The van der Waals surface area contributed by atoms with Crippen LogP contribution >= 0.6 is 22.6 Å². The Morgan fingerprint density at radius 3 is 3.08 bits per heavy atom. The molecule has 1 atom stereocenters. The van der Waals surface area contributed by atoms with E-state index in [1.54, 1.807) is 0 Å². The molecule has 13 heavy (non-hydrogen) atoms. The van der Waals surface area contributed by atoms with Crippen molar-refractivity contribution in [2.75, 3.05) is 6.61 Å². The Kier molecular flexibility index (Phi) is 2.47. The molecule has 0 spiro atoms. The molecule has 0 saturated heterocycles. The molecule has 0 amide bonds. The zero-order valence-electron chi connectivity index (χ0n) is 7.51. The average molecular weight is 289 g/mol. The monoisotopic (exact) mass is 289 g/mol. The Labute approximate surface area is 91.6 Å². The molecule has 1 aromatic carbocycles. The Bertz CT molecular complexity index is 338. The molecule has 0 fully saturated rings. The van der Waals surface area contributed by atoms with Gasteiger partial charge in [-0.2, -0.15) is 0 Å². The molecule has 0 radical (unpaired) electrons. The highest BCUT2D eigenvalue weighted by atomic mass is 127. The second-order valence-corrected chi connectivity index (χ2v) is 4.49. The maximum atomic E-state index is 6.03. The van der Waals surface area contributed by atoms with Crippen molar-refractivity contribution in [3.63, 3.8) is 0 Å². The first kappa shape index (κ1) is 9.27. The van der Waals surface area contributed by atoms with Crippen LogP contribution < -0.4 is 10.5 Å². The summed E-state index contributed by atoms with van der Waals surface area (Å²) in [5, 5.41) is 0. The van der Waals surface area contributed by atoms with Gasteiger partial charge in [0.2, 0.25) is 0 Å². The maximum absolute atomic E-state index is 6.03. The van der Waals surface area contributed by atoms with Crippen molar-refractivity contribution in [3.05, 3.63) is 26.8 Å². The van der Waals surface area contributed by atoms with Crippen molar-refractivity contribution < 1.29 is 4.74 Å². The molecule has 0 aliphatic carbocycles. The molecular weight excluding hydrogens is 277 g/mol. The van der Waals surface area contributed by atoms with Crippen LogP contribution in [0.1, 0.15) is 23.6 Å². The van der Waals surface area contributed by atoms with E-state index in [4.69, 9.17) is 10.5 Å². The Morgan fingerprint density at radius 1 is 1.54 bits per heavy atom. The van der Waals surface area contributed by atoms with Crippen molar-refractivity contribution in [1.29, 1.82) is 0 Å². The van der Waals surface area contributed by atoms with E-state index in [1.807, 2.05) is 6.07 Å². The van der Waals surface area contributed by atoms with Crippen LogP contribution in [0.3, 0.4) is 0 Å². The Morgan fingerprint density at radius 2 is 2.31 bits per heavy atom. The van der Waals surface area contributed by atoms with Gasteiger partial charge in [-0.1, -0.05) is 0 Å². The van der Waals surface area contributed by atoms with Gasteiger partial charge in [0.15, 0.2) is 0 Å². The first-order valence-corrected chi connectivity index (χ1v) is 5.45. The van der Waals surface area contributed by atoms with Crippen LogP contribution in [-0.2, 0) is 0 Å². The van der Waals surface area contributed by atoms with E-state index in [0.29, 0.717) is 0 Å². The number of rotatable bonds is 0. The van der Waals surface area contributed by atoms with E-state index in [9.17, 15) is 0 Å². The van der Waals surface area contributed by atoms with Gasteiger partial charge in [0.1, 0.15) is 5.75 Å². The normalized spacial score (nSPS) is 20.7. The SMILES string of the molecule is Cc1c(I)ccc2c1C(N)CCO2. The topological polar surface area (TPSA) is 35.2 Å². The number of ether oxygens (including phenoxy) is 1. The number of nitrogens with two attached hydrogens (primary N) is 1. The highest BCUT2D eigenvalue weighted by molar-refractivity contribution is 14.1. The summed E-state index contributed by atoms with van der Waals surface area (Å²) < 4.78 is 6.81. The molecule has 1 aromatic rings. The van der Waals surface area contributed by atoms with Crippen molar-refractivity contribution in [2.24, 2.45) is 5.73 Å². The summed E-state index contributed by atoms with van der Waals surface area (Å²) in [6.45, 7) is 2.85. The fraction of sp³-hybridized carbons (Fsp3) is 0.400. The third kappa shape index (κ3) is 1.55. The smallest absolute Gasteiger partial charge is 0.124 e. The van der Waals surface area contributed by atoms with Crippen LogP contribution in [0.25, 0.3) is 0 Å². The number of hydrogen-bond acceptors (Lipinski definition) is 2. The molecule has 0 saturated carbocycles. The van der Waals surface area contributed by atoms with E-state index >= 15 is 0 Å². The number of benzene rings is 1. The van der Waals surface area contributed by atoms with Gasteiger partial charge < -0.3 is 10.5 Å². The molecule has 3 heteroatoms. The molecule has 2 N–H and O–H groups in total. The number of hydrogen-bond donors (Lipinski definition) is 1. The molecule has 0 bridgehead atoms. The first-order valence-electron chi connectivity index (χ1n) is 4.37. The summed E-state index contributed by atoms with van der Waals surface area (Å²) in [5.74, 6) is 0.969. The summed E-state index contributed by atoms with van der Waals surface area (Å²) in [6, 6.07) is 4.24. The summed E-state index contributed by atoms with van der Waals surface area (Å²) >= 11 is 2.33. The van der Waals surface area contributed by atoms with Crippen LogP contribution in [-0.4, -0.2) is 6.61 Å². The second kappa shape index (κ2) is 3.46. The quantitative estimate of drug-likeness (QED) is 0.744. The minimum atomic E-state index is 0.151. The van der Waals surface area contributed by atoms with Gasteiger partial charge in [0.05, 0.1) is 6.61 Å². The maximum Gasteiger partial charge on any atom is 0.124 e. The predicted octanol–water partition coefficient (Wildman–Crippen LogP) is 2.38. The van der Waals surface area contributed by atoms with E-state index < -0.39 is 0 Å². The third-order valence-electron chi connectivity index (χ3n) is 2.47. The van der Waals surface area contributed by atoms with Gasteiger partial charge in [-0.15, -0.1) is 0 Å². The lowest BCUT2D eigenvalue weighted by atomic mass is 9.97. The molecule has 1 heterocycles. The predicted molar refractivity (Wildman–Crippen MR) is 60.9 cm³/mol. The highest BCUT2D eigenvalue weighted by Crippen LogP contribution is 2.34. The van der Waals surface area contributed by atoms with Gasteiger partial charge in [-0.05, 0) is 47.2 Å². The zero-order valence-corrected chi connectivity index (χ0v) is 9.67. The van der Waals surface area contributed by atoms with Crippen LogP contribution in [0.2, 0.25) is 0 Å². The van der Waals surface area contributed by atoms with Crippen LogP contribution in [0.15, 0.2) is 12.1 Å².